The van der Waals surface area contributed by atoms with Crippen LogP contribution in [0.15, 0.2) is 0 Å². The first kappa shape index (κ1) is 7.02. The summed E-state index contributed by atoms with van der Waals surface area (Å²) in [7, 11) is 0. The standard InChI is InChI=1S/C6H12N4O/c7-4-1-5-6(11)8-3-9-10(5)2-4/h4-5,9H,1-3,7H2,(H,8,11). The maximum atomic E-state index is 11.2. The summed E-state index contributed by atoms with van der Waals surface area (Å²) < 4.78 is 0. The Balaban J connectivity index is 2.09. The van der Waals surface area contributed by atoms with Crippen LogP contribution < -0.4 is 16.5 Å². The predicted octanol–water partition coefficient (Wildman–Crippen LogP) is -2.02. The molecule has 0 aromatic carbocycles. The fraction of sp³-hybridized carbons (Fsp3) is 0.833. The van der Waals surface area contributed by atoms with Gasteiger partial charge >= 0.3 is 0 Å². The molecule has 0 spiro atoms. The average molecular weight is 156 g/mol. The fourth-order valence-corrected chi connectivity index (χ4v) is 1.64. The SMILES string of the molecule is NC1CC2C(=O)NCNN2C1. The molecule has 0 aromatic heterocycles. The molecule has 0 aromatic rings. The number of rotatable bonds is 0. The smallest absolute Gasteiger partial charge is 0.239 e. The number of hydrogen-bond donors (Lipinski definition) is 3. The summed E-state index contributed by atoms with van der Waals surface area (Å²) in [6, 6.07) is 0.0927. The number of hydrogen-bond acceptors (Lipinski definition) is 4. The third-order valence-corrected chi connectivity index (χ3v) is 2.18. The summed E-state index contributed by atoms with van der Waals surface area (Å²) in [5.74, 6) is 0.0942. The van der Waals surface area contributed by atoms with Crippen molar-refractivity contribution in [2.24, 2.45) is 5.73 Å². The van der Waals surface area contributed by atoms with Crippen molar-refractivity contribution in [3.8, 4) is 0 Å². The Morgan fingerprint density at radius 3 is 3.18 bits per heavy atom. The molecule has 5 nitrogen and oxygen atoms in total. The van der Waals surface area contributed by atoms with Crippen LogP contribution in [-0.2, 0) is 4.79 Å². The van der Waals surface area contributed by atoms with Crippen molar-refractivity contribution in [2.75, 3.05) is 13.2 Å². The molecule has 2 atom stereocenters. The molecule has 2 heterocycles. The lowest BCUT2D eigenvalue weighted by molar-refractivity contribution is -0.130. The molecule has 62 valence electrons. The first-order valence-corrected chi connectivity index (χ1v) is 3.81. The summed E-state index contributed by atoms with van der Waals surface area (Å²) >= 11 is 0. The van der Waals surface area contributed by atoms with Gasteiger partial charge in [-0.25, -0.2) is 10.4 Å². The van der Waals surface area contributed by atoms with Crippen molar-refractivity contribution in [3.63, 3.8) is 0 Å². The maximum Gasteiger partial charge on any atom is 0.239 e. The van der Waals surface area contributed by atoms with Gasteiger partial charge in [0.05, 0.1) is 6.67 Å². The van der Waals surface area contributed by atoms with Gasteiger partial charge in [0.25, 0.3) is 0 Å². The van der Waals surface area contributed by atoms with E-state index in [1.165, 1.54) is 0 Å². The van der Waals surface area contributed by atoms with Gasteiger partial charge in [0.1, 0.15) is 6.04 Å². The highest BCUT2D eigenvalue weighted by atomic mass is 16.2. The van der Waals surface area contributed by atoms with Gasteiger partial charge in [0.2, 0.25) is 5.91 Å². The van der Waals surface area contributed by atoms with Crippen LogP contribution in [0, 0.1) is 0 Å². The van der Waals surface area contributed by atoms with Crippen molar-refractivity contribution in [2.45, 2.75) is 18.5 Å². The lowest BCUT2D eigenvalue weighted by Gasteiger charge is -2.29. The first-order chi connectivity index (χ1) is 5.27. The molecule has 2 fully saturated rings. The quantitative estimate of drug-likeness (QED) is 0.378. The number of hydrazine groups is 1. The molecule has 0 bridgehead atoms. The summed E-state index contributed by atoms with van der Waals surface area (Å²) in [6.45, 7) is 1.31. The van der Waals surface area contributed by atoms with Crippen LogP contribution >= 0.6 is 0 Å². The molecule has 0 saturated carbocycles. The number of nitrogens with one attached hydrogen (secondary N) is 2. The van der Waals surface area contributed by atoms with Crippen molar-refractivity contribution < 1.29 is 4.79 Å². The van der Waals surface area contributed by atoms with Crippen molar-refractivity contribution in [1.82, 2.24) is 15.8 Å². The van der Waals surface area contributed by atoms with Crippen LogP contribution in [0.4, 0.5) is 0 Å². The zero-order chi connectivity index (χ0) is 7.84. The molecule has 0 aliphatic carbocycles. The highest BCUT2D eigenvalue weighted by Gasteiger charge is 2.37. The van der Waals surface area contributed by atoms with E-state index in [4.69, 9.17) is 5.73 Å². The average Bonchev–Trinajstić information content (AvgIpc) is 2.31. The second-order valence-electron chi connectivity index (χ2n) is 3.04. The number of nitrogens with two attached hydrogens (primary N) is 1. The Labute approximate surface area is 64.9 Å². The lowest BCUT2D eigenvalue weighted by Crippen LogP contribution is -2.58. The number of carbonyl (C=O) groups excluding carboxylic acids is 1. The number of carbonyl (C=O) groups is 1. The van der Waals surface area contributed by atoms with Crippen LogP contribution in [-0.4, -0.2) is 36.2 Å². The van der Waals surface area contributed by atoms with Crippen molar-refractivity contribution in [3.05, 3.63) is 0 Å². The van der Waals surface area contributed by atoms with Gasteiger partial charge in [-0.15, -0.1) is 0 Å². The van der Waals surface area contributed by atoms with E-state index in [1.54, 1.807) is 0 Å². The molecule has 2 aliphatic rings. The Bertz CT molecular complexity index is 183. The zero-order valence-corrected chi connectivity index (χ0v) is 6.21. The minimum Gasteiger partial charge on any atom is -0.341 e. The van der Waals surface area contributed by atoms with Gasteiger partial charge in [-0.3, -0.25) is 4.79 Å². The van der Waals surface area contributed by atoms with E-state index in [0.717, 1.165) is 13.0 Å². The zero-order valence-electron chi connectivity index (χ0n) is 6.21. The van der Waals surface area contributed by atoms with Gasteiger partial charge in [0.15, 0.2) is 0 Å². The van der Waals surface area contributed by atoms with E-state index in [2.05, 4.69) is 10.7 Å². The van der Waals surface area contributed by atoms with Gasteiger partial charge in [-0.1, -0.05) is 0 Å². The van der Waals surface area contributed by atoms with Crippen molar-refractivity contribution in [1.29, 1.82) is 0 Å². The van der Waals surface area contributed by atoms with E-state index < -0.39 is 0 Å². The Hall–Kier alpha value is -0.650. The topological polar surface area (TPSA) is 70.4 Å². The predicted molar refractivity (Wildman–Crippen MR) is 39.2 cm³/mol. The van der Waals surface area contributed by atoms with Gasteiger partial charge in [0, 0.05) is 12.6 Å². The Morgan fingerprint density at radius 2 is 2.45 bits per heavy atom. The second kappa shape index (κ2) is 2.44. The Kier molecular flexibility index (Phi) is 1.56. The molecular formula is C6H12N4O. The number of amides is 1. The van der Waals surface area contributed by atoms with E-state index in [0.29, 0.717) is 6.67 Å². The van der Waals surface area contributed by atoms with Crippen LogP contribution in [0.1, 0.15) is 6.42 Å². The number of nitrogens with zero attached hydrogens (tertiary/aromatic N) is 1. The normalized spacial score (nSPS) is 38.5. The van der Waals surface area contributed by atoms with E-state index in [9.17, 15) is 4.79 Å². The van der Waals surface area contributed by atoms with Gasteiger partial charge in [-0.05, 0) is 6.42 Å². The monoisotopic (exact) mass is 156 g/mol. The summed E-state index contributed by atoms with van der Waals surface area (Å²) in [4.78, 5) is 11.2. The molecule has 2 unspecified atom stereocenters. The van der Waals surface area contributed by atoms with E-state index >= 15 is 0 Å². The Morgan fingerprint density at radius 1 is 1.64 bits per heavy atom. The highest BCUT2D eigenvalue weighted by molar-refractivity contribution is 5.82. The first-order valence-electron chi connectivity index (χ1n) is 3.81. The maximum absolute atomic E-state index is 11.2. The summed E-state index contributed by atoms with van der Waals surface area (Å²) in [6.07, 6.45) is 0.763. The second-order valence-corrected chi connectivity index (χ2v) is 3.04. The lowest BCUT2D eigenvalue weighted by atomic mass is 10.2. The molecule has 0 radical (unpaired) electrons. The highest BCUT2D eigenvalue weighted by Crippen LogP contribution is 2.15. The molecule has 2 aliphatic heterocycles. The molecule has 2 rings (SSSR count). The van der Waals surface area contributed by atoms with Crippen molar-refractivity contribution >= 4 is 5.91 Å². The van der Waals surface area contributed by atoms with Crippen LogP contribution in [0.3, 0.4) is 0 Å². The minimum atomic E-state index is -0.0428. The van der Waals surface area contributed by atoms with Gasteiger partial charge in [-0.2, -0.15) is 0 Å². The molecule has 11 heavy (non-hydrogen) atoms. The third kappa shape index (κ3) is 1.11. The summed E-state index contributed by atoms with van der Waals surface area (Å²) in [5.41, 5.74) is 8.76. The molecular weight excluding hydrogens is 144 g/mol. The molecule has 2 saturated heterocycles. The molecule has 4 N–H and O–H groups in total. The van der Waals surface area contributed by atoms with Crippen LogP contribution in [0.2, 0.25) is 0 Å². The van der Waals surface area contributed by atoms with Gasteiger partial charge < -0.3 is 11.1 Å². The largest absolute Gasteiger partial charge is 0.341 e. The molecule has 1 amide bonds. The molecule has 5 heteroatoms. The summed E-state index contributed by atoms with van der Waals surface area (Å²) in [5, 5.41) is 4.65. The van der Waals surface area contributed by atoms with E-state index in [-0.39, 0.29) is 18.0 Å². The van der Waals surface area contributed by atoms with Crippen LogP contribution in [0.25, 0.3) is 0 Å². The third-order valence-electron chi connectivity index (χ3n) is 2.18. The van der Waals surface area contributed by atoms with Crippen LogP contribution in [0.5, 0.6) is 0 Å². The minimum absolute atomic E-state index is 0.0428. The number of fused-ring (bicyclic) bond motifs is 1. The fourth-order valence-electron chi connectivity index (χ4n) is 1.64. The van der Waals surface area contributed by atoms with E-state index in [1.807, 2.05) is 5.01 Å².